The van der Waals surface area contributed by atoms with Crippen molar-refractivity contribution in [3.05, 3.63) is 66.6 Å². The second kappa shape index (κ2) is 8.87. The molecule has 0 saturated carbocycles. The Labute approximate surface area is 169 Å². The van der Waals surface area contributed by atoms with Crippen LogP contribution in [0.2, 0.25) is 0 Å². The highest BCUT2D eigenvalue weighted by atomic mass is 16.5. The lowest BCUT2D eigenvalue weighted by atomic mass is 9.97. The molecule has 0 bridgehead atoms. The van der Waals surface area contributed by atoms with Crippen LogP contribution in [0.25, 0.3) is 11.5 Å². The Morgan fingerprint density at radius 1 is 1.07 bits per heavy atom. The zero-order chi connectivity index (χ0) is 20.1. The molecule has 29 heavy (non-hydrogen) atoms. The molecular weight excluding hydrogens is 370 g/mol. The Balaban J connectivity index is 1.44. The minimum absolute atomic E-state index is 0.00443. The molecule has 2 aromatic carbocycles. The van der Waals surface area contributed by atoms with Crippen LogP contribution in [0.1, 0.15) is 11.8 Å². The minimum Gasteiger partial charge on any atom is -0.484 e. The molecule has 0 radical (unpaired) electrons. The zero-order valence-electron chi connectivity index (χ0n) is 16.2. The highest BCUT2D eigenvalue weighted by molar-refractivity contribution is 5.78. The number of carbonyl (C=O) groups is 1. The van der Waals surface area contributed by atoms with Gasteiger partial charge in [0.05, 0.1) is 12.5 Å². The van der Waals surface area contributed by atoms with E-state index in [1.807, 2.05) is 60.7 Å². The van der Waals surface area contributed by atoms with Crippen molar-refractivity contribution in [1.82, 2.24) is 15.1 Å². The van der Waals surface area contributed by atoms with Gasteiger partial charge >= 0.3 is 0 Å². The first kappa shape index (κ1) is 19.1. The molecule has 1 fully saturated rings. The van der Waals surface area contributed by atoms with Crippen molar-refractivity contribution < 1.29 is 18.7 Å². The van der Waals surface area contributed by atoms with Crippen LogP contribution >= 0.6 is 0 Å². The molecule has 3 aromatic rings. The van der Waals surface area contributed by atoms with E-state index in [4.69, 9.17) is 13.9 Å². The Bertz CT molecular complexity index is 930. The van der Waals surface area contributed by atoms with E-state index in [9.17, 15) is 4.79 Å². The van der Waals surface area contributed by atoms with Crippen LogP contribution < -0.4 is 4.74 Å². The van der Waals surface area contributed by atoms with Gasteiger partial charge in [0, 0.05) is 31.7 Å². The van der Waals surface area contributed by atoms with Gasteiger partial charge in [0.2, 0.25) is 11.8 Å². The van der Waals surface area contributed by atoms with Crippen molar-refractivity contribution in [2.75, 3.05) is 33.4 Å². The third kappa shape index (κ3) is 4.46. The number of ether oxygens (including phenoxy) is 2. The Morgan fingerprint density at radius 2 is 1.79 bits per heavy atom. The van der Waals surface area contributed by atoms with E-state index in [1.54, 1.807) is 12.0 Å². The van der Waals surface area contributed by atoms with E-state index < -0.39 is 0 Å². The SMILES string of the molecule is COC[C@@H]1CN(C(=O)COc2ccccc2)C[C@H]1c1nnc(-c2ccccc2)o1. The van der Waals surface area contributed by atoms with E-state index >= 15 is 0 Å². The predicted octanol–water partition coefficient (Wildman–Crippen LogP) is 3.00. The molecule has 150 valence electrons. The zero-order valence-corrected chi connectivity index (χ0v) is 16.2. The summed E-state index contributed by atoms with van der Waals surface area (Å²) < 4.78 is 16.9. The molecule has 0 unspecified atom stereocenters. The first-order valence-corrected chi connectivity index (χ1v) is 9.58. The molecule has 7 nitrogen and oxygen atoms in total. The van der Waals surface area contributed by atoms with Crippen LogP contribution in [-0.4, -0.2) is 54.4 Å². The fourth-order valence-electron chi connectivity index (χ4n) is 3.57. The number of hydrogen-bond donors (Lipinski definition) is 0. The lowest BCUT2D eigenvalue weighted by Gasteiger charge is -2.16. The Hall–Kier alpha value is -3.19. The monoisotopic (exact) mass is 393 g/mol. The van der Waals surface area contributed by atoms with Crippen molar-refractivity contribution in [2.45, 2.75) is 5.92 Å². The number of amides is 1. The van der Waals surface area contributed by atoms with Crippen molar-refractivity contribution in [2.24, 2.45) is 5.92 Å². The summed E-state index contributed by atoms with van der Waals surface area (Å²) >= 11 is 0. The average Bonchev–Trinajstić information content (AvgIpc) is 3.41. The van der Waals surface area contributed by atoms with Gasteiger partial charge in [0.15, 0.2) is 6.61 Å². The van der Waals surface area contributed by atoms with Crippen LogP contribution in [0.5, 0.6) is 5.75 Å². The van der Waals surface area contributed by atoms with Gasteiger partial charge in [-0.05, 0) is 24.3 Å². The normalized spacial score (nSPS) is 18.7. The molecule has 1 amide bonds. The van der Waals surface area contributed by atoms with E-state index in [1.165, 1.54) is 0 Å². The number of benzene rings is 2. The minimum atomic E-state index is -0.0692. The summed E-state index contributed by atoms with van der Waals surface area (Å²) in [6, 6.07) is 19.0. The molecular formula is C22H23N3O4. The van der Waals surface area contributed by atoms with Crippen LogP contribution in [0.4, 0.5) is 0 Å². The van der Waals surface area contributed by atoms with Crippen LogP contribution in [-0.2, 0) is 9.53 Å². The maximum absolute atomic E-state index is 12.7. The fraction of sp³-hybridized carbons (Fsp3) is 0.318. The number of likely N-dealkylation sites (tertiary alicyclic amines) is 1. The van der Waals surface area contributed by atoms with Crippen LogP contribution in [0.3, 0.4) is 0 Å². The second-order valence-corrected chi connectivity index (χ2v) is 7.03. The summed E-state index contributed by atoms with van der Waals surface area (Å²) in [6.45, 7) is 1.58. The van der Waals surface area contributed by atoms with Crippen LogP contribution in [0.15, 0.2) is 65.1 Å². The van der Waals surface area contributed by atoms with Crippen molar-refractivity contribution in [3.8, 4) is 17.2 Å². The summed E-state index contributed by atoms with van der Waals surface area (Å²) in [5, 5.41) is 8.44. The van der Waals surface area contributed by atoms with E-state index in [0.717, 1.165) is 5.56 Å². The van der Waals surface area contributed by atoms with Gasteiger partial charge < -0.3 is 18.8 Å². The maximum atomic E-state index is 12.7. The summed E-state index contributed by atoms with van der Waals surface area (Å²) in [7, 11) is 1.66. The number of para-hydroxylation sites is 1. The Morgan fingerprint density at radius 3 is 2.52 bits per heavy atom. The highest BCUT2D eigenvalue weighted by Gasteiger charge is 2.39. The van der Waals surface area contributed by atoms with Gasteiger partial charge in [-0.3, -0.25) is 4.79 Å². The summed E-state index contributed by atoms with van der Waals surface area (Å²) in [5.41, 5.74) is 0.872. The van der Waals surface area contributed by atoms with Crippen molar-refractivity contribution in [1.29, 1.82) is 0 Å². The van der Waals surface area contributed by atoms with E-state index in [2.05, 4.69) is 10.2 Å². The lowest BCUT2D eigenvalue weighted by Crippen LogP contribution is -2.33. The van der Waals surface area contributed by atoms with Crippen LogP contribution in [0, 0.1) is 5.92 Å². The van der Waals surface area contributed by atoms with Gasteiger partial charge in [-0.15, -0.1) is 10.2 Å². The summed E-state index contributed by atoms with van der Waals surface area (Å²) in [6.07, 6.45) is 0. The average molecular weight is 393 g/mol. The molecule has 7 heteroatoms. The molecule has 2 heterocycles. The number of methoxy groups -OCH3 is 1. The number of hydrogen-bond acceptors (Lipinski definition) is 6. The largest absolute Gasteiger partial charge is 0.484 e. The standard InChI is InChI=1S/C22H23N3O4/c1-27-14-17-12-25(20(26)15-28-18-10-6-3-7-11-18)13-19(17)22-24-23-21(29-22)16-8-4-2-5-9-16/h2-11,17,19H,12-15H2,1H3/t17-,19+/m0/s1. The first-order chi connectivity index (χ1) is 14.2. The third-order valence-corrected chi connectivity index (χ3v) is 5.06. The quantitative estimate of drug-likeness (QED) is 0.614. The molecule has 1 aliphatic rings. The smallest absolute Gasteiger partial charge is 0.260 e. The van der Waals surface area contributed by atoms with Gasteiger partial charge in [-0.25, -0.2) is 0 Å². The molecule has 1 aromatic heterocycles. The predicted molar refractivity (Wildman–Crippen MR) is 106 cm³/mol. The van der Waals surface area contributed by atoms with Crippen molar-refractivity contribution >= 4 is 5.91 Å². The van der Waals surface area contributed by atoms with E-state index in [0.29, 0.717) is 37.2 Å². The molecule has 0 N–H and O–H groups in total. The first-order valence-electron chi connectivity index (χ1n) is 9.58. The van der Waals surface area contributed by atoms with Gasteiger partial charge in [-0.2, -0.15) is 0 Å². The molecule has 2 atom stereocenters. The summed E-state index contributed by atoms with van der Waals surface area (Å²) in [5.74, 6) is 1.64. The summed E-state index contributed by atoms with van der Waals surface area (Å²) in [4.78, 5) is 14.4. The molecule has 1 aliphatic heterocycles. The third-order valence-electron chi connectivity index (χ3n) is 5.06. The highest BCUT2D eigenvalue weighted by Crippen LogP contribution is 2.33. The Kier molecular flexibility index (Phi) is 5.86. The number of rotatable bonds is 7. The molecule has 1 saturated heterocycles. The second-order valence-electron chi connectivity index (χ2n) is 7.03. The topological polar surface area (TPSA) is 77.7 Å². The van der Waals surface area contributed by atoms with E-state index in [-0.39, 0.29) is 24.3 Å². The maximum Gasteiger partial charge on any atom is 0.260 e. The lowest BCUT2D eigenvalue weighted by molar-refractivity contribution is -0.132. The number of aromatic nitrogens is 2. The van der Waals surface area contributed by atoms with Gasteiger partial charge in [0.25, 0.3) is 5.91 Å². The van der Waals surface area contributed by atoms with Crippen molar-refractivity contribution in [3.63, 3.8) is 0 Å². The van der Waals surface area contributed by atoms with Gasteiger partial charge in [0.1, 0.15) is 5.75 Å². The molecule has 0 spiro atoms. The molecule has 4 rings (SSSR count). The number of carbonyl (C=O) groups excluding carboxylic acids is 1. The fourth-order valence-corrected chi connectivity index (χ4v) is 3.57. The molecule has 0 aliphatic carbocycles. The van der Waals surface area contributed by atoms with Gasteiger partial charge in [-0.1, -0.05) is 36.4 Å². The number of nitrogens with zero attached hydrogens (tertiary/aromatic N) is 3.